The summed E-state index contributed by atoms with van der Waals surface area (Å²) >= 11 is 4.98. The molecule has 0 aliphatic heterocycles. The Kier molecular flexibility index (Phi) is 4.67. The highest BCUT2D eigenvalue weighted by Crippen LogP contribution is 1.99. The molecule has 0 aromatic carbocycles. The molecule has 0 aliphatic carbocycles. The number of nitrogens with one attached hydrogen (secondary N) is 3. The van der Waals surface area contributed by atoms with Crippen molar-refractivity contribution in [3.8, 4) is 0 Å². The Hall–Kier alpha value is -2.41. The highest BCUT2D eigenvalue weighted by Gasteiger charge is 2.09. The number of carbonyl (C=O) groups excluding carboxylic acids is 2. The Morgan fingerprint density at radius 2 is 2.10 bits per heavy atom. The number of hydrogen-bond acceptors (Lipinski definition) is 4. The Labute approximate surface area is 120 Å². The van der Waals surface area contributed by atoms with Gasteiger partial charge in [-0.1, -0.05) is 12.2 Å². The quantitative estimate of drug-likeness (QED) is 0.726. The van der Waals surface area contributed by atoms with Crippen LogP contribution in [-0.4, -0.2) is 23.3 Å². The molecule has 0 fully saturated rings. The Morgan fingerprint density at radius 1 is 1.25 bits per heavy atom. The van der Waals surface area contributed by atoms with Crippen LogP contribution >= 0.6 is 12.2 Å². The molecule has 0 saturated carbocycles. The molecule has 2 aromatic rings. The topological polar surface area (TPSA) is 87.1 Å². The van der Waals surface area contributed by atoms with E-state index in [4.69, 9.17) is 16.6 Å². The monoisotopic (exact) mass is 291 g/mol. The van der Waals surface area contributed by atoms with E-state index in [-0.39, 0.29) is 24.9 Å². The third-order valence-corrected chi connectivity index (χ3v) is 2.85. The molecule has 7 heteroatoms. The number of pyridine rings is 1. The minimum Gasteiger partial charge on any atom is -0.467 e. The lowest BCUT2D eigenvalue weighted by Gasteiger charge is -2.06. The van der Waals surface area contributed by atoms with Crippen molar-refractivity contribution in [1.82, 2.24) is 15.6 Å². The Bertz CT molecular complexity index is 649. The summed E-state index contributed by atoms with van der Waals surface area (Å²) in [6, 6.07) is 6.75. The first-order chi connectivity index (χ1) is 9.66. The van der Waals surface area contributed by atoms with E-state index in [9.17, 15) is 9.59 Å². The van der Waals surface area contributed by atoms with Gasteiger partial charge in [0, 0.05) is 6.20 Å². The van der Waals surface area contributed by atoms with Crippen molar-refractivity contribution in [2.75, 3.05) is 6.54 Å². The molecule has 0 bridgehead atoms. The van der Waals surface area contributed by atoms with Gasteiger partial charge in [0.25, 0.3) is 5.91 Å². The third kappa shape index (κ3) is 3.79. The molecule has 0 unspecified atom stereocenters. The van der Waals surface area contributed by atoms with Gasteiger partial charge < -0.3 is 20.0 Å². The second kappa shape index (κ2) is 6.67. The lowest BCUT2D eigenvalue weighted by atomic mass is 10.2. The molecular weight excluding hydrogens is 278 g/mol. The second-order valence-corrected chi connectivity index (χ2v) is 4.36. The number of H-pyrrole nitrogens is 1. The number of furan rings is 1. The van der Waals surface area contributed by atoms with E-state index in [2.05, 4.69) is 15.6 Å². The minimum absolute atomic E-state index is 0.122. The van der Waals surface area contributed by atoms with Gasteiger partial charge >= 0.3 is 0 Å². The van der Waals surface area contributed by atoms with Crippen LogP contribution in [0.4, 0.5) is 0 Å². The summed E-state index contributed by atoms with van der Waals surface area (Å²) in [5.41, 5.74) is 0.335. The number of amides is 2. The highest BCUT2D eigenvalue weighted by atomic mass is 32.1. The number of aromatic amines is 1. The molecule has 0 aliphatic rings. The maximum atomic E-state index is 11.8. The SMILES string of the molecule is O=C(CNC(=O)c1ccc[nH]c1=S)NCc1ccco1. The van der Waals surface area contributed by atoms with Crippen LogP contribution in [-0.2, 0) is 11.3 Å². The summed E-state index contributed by atoms with van der Waals surface area (Å²) < 4.78 is 5.41. The zero-order valence-corrected chi connectivity index (χ0v) is 11.3. The van der Waals surface area contributed by atoms with Gasteiger partial charge in [-0.05, 0) is 24.3 Å². The van der Waals surface area contributed by atoms with E-state index >= 15 is 0 Å². The van der Waals surface area contributed by atoms with E-state index in [0.29, 0.717) is 16.0 Å². The average Bonchev–Trinajstić information content (AvgIpc) is 2.96. The standard InChI is InChI=1S/C13H13N3O3S/c17-11(15-7-9-3-2-6-19-9)8-16-12(18)10-4-1-5-14-13(10)20/h1-6H,7-8H2,(H,14,20)(H,15,17)(H,16,18). The van der Waals surface area contributed by atoms with Crippen molar-refractivity contribution in [1.29, 1.82) is 0 Å². The van der Waals surface area contributed by atoms with Gasteiger partial charge in [0.2, 0.25) is 5.91 Å². The van der Waals surface area contributed by atoms with Gasteiger partial charge in [0.05, 0.1) is 24.9 Å². The fraction of sp³-hybridized carbons (Fsp3) is 0.154. The zero-order chi connectivity index (χ0) is 14.4. The van der Waals surface area contributed by atoms with E-state index in [1.54, 1.807) is 30.5 Å². The lowest BCUT2D eigenvalue weighted by molar-refractivity contribution is -0.120. The summed E-state index contributed by atoms with van der Waals surface area (Å²) in [6.45, 7) is 0.163. The van der Waals surface area contributed by atoms with Gasteiger partial charge in [-0.25, -0.2) is 0 Å². The van der Waals surface area contributed by atoms with Crippen molar-refractivity contribution in [2.45, 2.75) is 6.54 Å². The van der Waals surface area contributed by atoms with Crippen LogP contribution in [0, 0.1) is 4.64 Å². The van der Waals surface area contributed by atoms with Crippen molar-refractivity contribution < 1.29 is 14.0 Å². The van der Waals surface area contributed by atoms with Crippen LogP contribution in [0.25, 0.3) is 0 Å². The molecule has 20 heavy (non-hydrogen) atoms. The van der Waals surface area contributed by atoms with Crippen molar-refractivity contribution in [3.63, 3.8) is 0 Å². The molecular formula is C13H13N3O3S. The molecule has 0 spiro atoms. The van der Waals surface area contributed by atoms with Crippen LogP contribution in [0.2, 0.25) is 0 Å². The fourth-order valence-electron chi connectivity index (χ4n) is 1.52. The summed E-state index contributed by atoms with van der Waals surface area (Å²) in [4.78, 5) is 26.1. The molecule has 2 amide bonds. The van der Waals surface area contributed by atoms with Gasteiger partial charge in [-0.3, -0.25) is 9.59 Å². The van der Waals surface area contributed by atoms with E-state index in [0.717, 1.165) is 0 Å². The number of carbonyl (C=O) groups is 2. The summed E-state index contributed by atoms with van der Waals surface area (Å²) in [6.07, 6.45) is 3.16. The fourth-order valence-corrected chi connectivity index (χ4v) is 1.75. The molecule has 6 nitrogen and oxygen atoms in total. The van der Waals surface area contributed by atoms with Crippen molar-refractivity contribution >= 4 is 24.0 Å². The van der Waals surface area contributed by atoms with E-state index < -0.39 is 0 Å². The normalized spacial score (nSPS) is 10.0. The van der Waals surface area contributed by atoms with E-state index in [1.165, 1.54) is 6.26 Å². The predicted molar refractivity (Wildman–Crippen MR) is 74.5 cm³/mol. The Balaban J connectivity index is 1.80. The molecule has 2 aromatic heterocycles. The maximum Gasteiger partial charge on any atom is 0.254 e. The molecule has 2 heterocycles. The van der Waals surface area contributed by atoms with E-state index in [1.807, 2.05) is 0 Å². The molecule has 0 saturated heterocycles. The second-order valence-electron chi connectivity index (χ2n) is 3.95. The van der Waals surface area contributed by atoms with Gasteiger partial charge in [-0.15, -0.1) is 0 Å². The van der Waals surface area contributed by atoms with Gasteiger partial charge in [-0.2, -0.15) is 0 Å². The number of aromatic nitrogens is 1. The Morgan fingerprint density at radius 3 is 2.80 bits per heavy atom. The summed E-state index contributed by atoms with van der Waals surface area (Å²) in [7, 11) is 0. The minimum atomic E-state index is -0.389. The molecule has 0 radical (unpaired) electrons. The molecule has 2 rings (SSSR count). The van der Waals surface area contributed by atoms with Crippen LogP contribution in [0.3, 0.4) is 0 Å². The average molecular weight is 291 g/mol. The first-order valence-corrected chi connectivity index (χ1v) is 6.32. The highest BCUT2D eigenvalue weighted by molar-refractivity contribution is 7.71. The molecule has 0 atom stereocenters. The smallest absolute Gasteiger partial charge is 0.254 e. The van der Waals surface area contributed by atoms with Crippen molar-refractivity contribution in [3.05, 3.63) is 52.7 Å². The molecule has 3 N–H and O–H groups in total. The van der Waals surface area contributed by atoms with Crippen molar-refractivity contribution in [2.24, 2.45) is 0 Å². The predicted octanol–water partition coefficient (Wildman–Crippen LogP) is 1.38. The maximum absolute atomic E-state index is 11.8. The summed E-state index contributed by atoms with van der Waals surface area (Å²) in [5.74, 6) is -0.0456. The van der Waals surface area contributed by atoms with Crippen LogP contribution in [0.1, 0.15) is 16.1 Å². The molecule has 104 valence electrons. The summed E-state index contributed by atoms with van der Waals surface area (Å²) in [5, 5.41) is 5.13. The van der Waals surface area contributed by atoms with Gasteiger partial charge in [0.1, 0.15) is 10.4 Å². The van der Waals surface area contributed by atoms with Gasteiger partial charge in [0.15, 0.2) is 0 Å². The van der Waals surface area contributed by atoms with Crippen LogP contribution < -0.4 is 10.6 Å². The lowest BCUT2D eigenvalue weighted by Crippen LogP contribution is -2.36. The van der Waals surface area contributed by atoms with Crippen LogP contribution in [0.15, 0.2) is 41.1 Å². The first kappa shape index (κ1) is 14.0. The third-order valence-electron chi connectivity index (χ3n) is 2.51. The number of rotatable bonds is 5. The number of hydrogen-bond donors (Lipinski definition) is 3. The zero-order valence-electron chi connectivity index (χ0n) is 10.5. The largest absolute Gasteiger partial charge is 0.467 e. The van der Waals surface area contributed by atoms with Crippen LogP contribution in [0.5, 0.6) is 0 Å². The first-order valence-electron chi connectivity index (χ1n) is 5.92.